The second-order valence-electron chi connectivity index (χ2n) is 8.56. The van der Waals surface area contributed by atoms with E-state index in [2.05, 4.69) is 24.5 Å². The van der Waals surface area contributed by atoms with Crippen LogP contribution in [0.5, 0.6) is 0 Å². The highest BCUT2D eigenvalue weighted by Crippen LogP contribution is 2.30. The van der Waals surface area contributed by atoms with Gasteiger partial charge < -0.3 is 20.3 Å². The average molecular weight is 387 g/mol. The van der Waals surface area contributed by atoms with E-state index in [0.717, 1.165) is 29.8 Å². The summed E-state index contributed by atoms with van der Waals surface area (Å²) < 4.78 is 5.11. The molecule has 1 saturated heterocycles. The number of urea groups is 1. The molecule has 6 heteroatoms. The van der Waals surface area contributed by atoms with Crippen molar-refractivity contribution in [1.82, 2.24) is 10.6 Å². The second kappa shape index (κ2) is 8.35. The molecule has 0 radical (unpaired) electrons. The van der Waals surface area contributed by atoms with Gasteiger partial charge in [0.1, 0.15) is 6.54 Å². The maximum atomic E-state index is 12.8. The second-order valence-corrected chi connectivity index (χ2v) is 8.56. The van der Waals surface area contributed by atoms with Crippen LogP contribution in [0.4, 0.5) is 4.79 Å². The molecule has 0 spiro atoms. The molecule has 1 fully saturated rings. The minimum atomic E-state index is -0.505. The predicted molar refractivity (Wildman–Crippen MR) is 108 cm³/mol. The van der Waals surface area contributed by atoms with Gasteiger partial charge >= 0.3 is 12.0 Å². The Morgan fingerprint density at radius 2 is 1.89 bits per heavy atom. The van der Waals surface area contributed by atoms with Gasteiger partial charge in [-0.05, 0) is 31.4 Å². The molecule has 2 heterocycles. The lowest BCUT2D eigenvalue weighted by atomic mass is 9.89. The highest BCUT2D eigenvalue weighted by molar-refractivity contribution is 5.95. The van der Waals surface area contributed by atoms with Gasteiger partial charge in [-0.2, -0.15) is 0 Å². The van der Waals surface area contributed by atoms with Gasteiger partial charge in [0.25, 0.3) is 0 Å². The number of aryl methyl sites for hydroxylation is 2. The van der Waals surface area contributed by atoms with Crippen LogP contribution in [-0.4, -0.2) is 38.7 Å². The van der Waals surface area contributed by atoms with Crippen LogP contribution in [-0.2, 0) is 9.53 Å². The lowest BCUT2D eigenvalue weighted by Gasteiger charge is -2.35. The van der Waals surface area contributed by atoms with E-state index < -0.39 is 12.0 Å². The topological polar surface area (TPSA) is 71.9 Å². The van der Waals surface area contributed by atoms with Gasteiger partial charge in [-0.15, -0.1) is 0 Å². The van der Waals surface area contributed by atoms with Gasteiger partial charge in [0.2, 0.25) is 0 Å². The summed E-state index contributed by atoms with van der Waals surface area (Å²) in [5.74, 6) is 0.868. The summed E-state index contributed by atoms with van der Waals surface area (Å²) in [6.45, 7) is 11.2. The lowest BCUT2D eigenvalue weighted by Crippen LogP contribution is -3.14. The van der Waals surface area contributed by atoms with Crippen molar-refractivity contribution in [3.05, 3.63) is 46.2 Å². The molecule has 3 N–H and O–H groups in total. The molecule has 0 saturated carbocycles. The Morgan fingerprint density at radius 3 is 2.54 bits per heavy atom. The molecule has 0 bridgehead atoms. The number of nitrogens with one attached hydrogen (secondary N) is 3. The number of carbonyl (C=O) groups is 2. The number of amides is 2. The third kappa shape index (κ3) is 4.38. The Kier molecular flexibility index (Phi) is 6.08. The molecule has 2 amide bonds. The summed E-state index contributed by atoms with van der Waals surface area (Å²) in [6, 6.07) is 5.31. The van der Waals surface area contributed by atoms with Crippen LogP contribution >= 0.6 is 0 Å². The zero-order chi connectivity index (χ0) is 20.4. The fourth-order valence-electron chi connectivity index (χ4n) is 4.73. The quantitative estimate of drug-likeness (QED) is 0.689. The standard InChI is InChI=1S/C22H31N3O3/c1-13-6-7-16(4)17(9-13)20-19(21(26)28-5)18(23-22(27)24-20)12-25-10-14(2)8-15(3)11-25/h6-7,9,14-15,20H,8,10-12H2,1-5H3,(H2,23,24,27)/p+1/t14-,15-,20-/m0/s1. The molecule has 1 aromatic rings. The number of piperidine rings is 1. The zero-order valence-electron chi connectivity index (χ0n) is 17.5. The number of ether oxygens (including phenoxy) is 1. The van der Waals surface area contributed by atoms with Crippen molar-refractivity contribution in [2.45, 2.75) is 40.2 Å². The van der Waals surface area contributed by atoms with Crippen molar-refractivity contribution in [3.8, 4) is 0 Å². The van der Waals surface area contributed by atoms with Gasteiger partial charge in [-0.1, -0.05) is 37.6 Å². The smallest absolute Gasteiger partial charge is 0.338 e. The van der Waals surface area contributed by atoms with Crippen LogP contribution in [0.25, 0.3) is 0 Å². The van der Waals surface area contributed by atoms with Crippen molar-refractivity contribution >= 4 is 12.0 Å². The van der Waals surface area contributed by atoms with Crippen LogP contribution in [0.15, 0.2) is 29.5 Å². The largest absolute Gasteiger partial charge is 0.466 e. The number of likely N-dealkylation sites (tertiary alicyclic amines) is 1. The van der Waals surface area contributed by atoms with Crippen molar-refractivity contribution in [2.24, 2.45) is 11.8 Å². The van der Waals surface area contributed by atoms with Crippen molar-refractivity contribution in [3.63, 3.8) is 0 Å². The molecule has 6 nitrogen and oxygen atoms in total. The highest BCUT2D eigenvalue weighted by Gasteiger charge is 2.36. The van der Waals surface area contributed by atoms with E-state index in [1.807, 2.05) is 32.0 Å². The molecule has 152 valence electrons. The molecule has 28 heavy (non-hydrogen) atoms. The van der Waals surface area contributed by atoms with Crippen molar-refractivity contribution < 1.29 is 19.2 Å². The first kappa shape index (κ1) is 20.4. The molecule has 3 atom stereocenters. The Balaban J connectivity index is 2.02. The summed E-state index contributed by atoms with van der Waals surface area (Å²) in [5.41, 5.74) is 4.24. The van der Waals surface area contributed by atoms with Crippen LogP contribution in [0.3, 0.4) is 0 Å². The number of carbonyl (C=O) groups excluding carboxylic acids is 2. The Hall–Kier alpha value is -2.34. The molecule has 2 aliphatic rings. The minimum Gasteiger partial charge on any atom is -0.466 e. The zero-order valence-corrected chi connectivity index (χ0v) is 17.5. The Labute approximate surface area is 167 Å². The first-order valence-corrected chi connectivity index (χ1v) is 10.1. The van der Waals surface area contributed by atoms with Crippen LogP contribution in [0.1, 0.15) is 43.0 Å². The average Bonchev–Trinajstić information content (AvgIpc) is 2.61. The molecular formula is C22H32N3O3+. The van der Waals surface area contributed by atoms with E-state index in [9.17, 15) is 9.59 Å². The number of esters is 1. The first-order valence-electron chi connectivity index (χ1n) is 10.1. The summed E-state index contributed by atoms with van der Waals surface area (Å²) in [6.07, 6.45) is 1.23. The number of benzene rings is 1. The first-order chi connectivity index (χ1) is 13.3. The fraction of sp³-hybridized carbons (Fsp3) is 0.545. The summed E-state index contributed by atoms with van der Waals surface area (Å²) in [4.78, 5) is 26.6. The molecule has 2 aliphatic heterocycles. The van der Waals surface area contributed by atoms with E-state index in [-0.39, 0.29) is 6.03 Å². The molecule has 0 aromatic heterocycles. The SMILES string of the molecule is COC(=O)C1=C(C[NH+]2C[C@@H](C)C[C@H](C)C2)NC(=O)N[C@H]1c1cc(C)ccc1C. The lowest BCUT2D eigenvalue weighted by molar-refractivity contribution is -0.907. The number of quaternary nitrogens is 1. The third-order valence-corrected chi connectivity index (χ3v) is 5.81. The third-order valence-electron chi connectivity index (χ3n) is 5.81. The molecular weight excluding hydrogens is 354 g/mol. The van der Waals surface area contributed by atoms with E-state index in [1.165, 1.54) is 18.4 Å². The Bertz CT molecular complexity index is 792. The molecule has 3 rings (SSSR count). The van der Waals surface area contributed by atoms with Crippen LogP contribution < -0.4 is 15.5 Å². The molecule has 0 aliphatic carbocycles. The van der Waals surface area contributed by atoms with Gasteiger partial charge in [0.05, 0.1) is 37.5 Å². The maximum Gasteiger partial charge on any atom is 0.338 e. The van der Waals surface area contributed by atoms with Crippen LogP contribution in [0.2, 0.25) is 0 Å². The van der Waals surface area contributed by atoms with Gasteiger partial charge in [0, 0.05) is 11.8 Å². The van der Waals surface area contributed by atoms with E-state index >= 15 is 0 Å². The van der Waals surface area contributed by atoms with E-state index in [1.54, 1.807) is 0 Å². The monoisotopic (exact) mass is 386 g/mol. The number of rotatable bonds is 4. The normalized spacial score (nSPS) is 27.8. The summed E-state index contributed by atoms with van der Waals surface area (Å²) in [5, 5.41) is 5.83. The van der Waals surface area contributed by atoms with Gasteiger partial charge in [-0.25, -0.2) is 9.59 Å². The Morgan fingerprint density at radius 1 is 1.21 bits per heavy atom. The van der Waals surface area contributed by atoms with Crippen molar-refractivity contribution in [2.75, 3.05) is 26.7 Å². The van der Waals surface area contributed by atoms with Crippen LogP contribution in [0, 0.1) is 25.7 Å². The molecule has 0 unspecified atom stereocenters. The predicted octanol–water partition coefficient (Wildman–Crippen LogP) is 1.65. The van der Waals surface area contributed by atoms with E-state index in [4.69, 9.17) is 4.74 Å². The van der Waals surface area contributed by atoms with Crippen molar-refractivity contribution in [1.29, 1.82) is 0 Å². The summed E-state index contributed by atoms with van der Waals surface area (Å²) >= 11 is 0. The fourth-order valence-corrected chi connectivity index (χ4v) is 4.73. The molecule has 1 aromatic carbocycles. The van der Waals surface area contributed by atoms with Gasteiger partial charge in [-0.3, -0.25) is 0 Å². The highest BCUT2D eigenvalue weighted by atomic mass is 16.5. The summed E-state index contributed by atoms with van der Waals surface area (Å²) in [7, 11) is 1.39. The number of hydrogen-bond acceptors (Lipinski definition) is 3. The van der Waals surface area contributed by atoms with E-state index in [0.29, 0.717) is 29.7 Å². The maximum absolute atomic E-state index is 12.8. The number of hydrogen-bond donors (Lipinski definition) is 3. The van der Waals surface area contributed by atoms with Gasteiger partial charge in [0.15, 0.2) is 0 Å². The minimum absolute atomic E-state index is 0.272. The number of methoxy groups -OCH3 is 1.